The highest BCUT2D eigenvalue weighted by atomic mass is 16.5. The van der Waals surface area contributed by atoms with E-state index in [1.807, 2.05) is 0 Å². The van der Waals surface area contributed by atoms with Gasteiger partial charge in [-0.15, -0.1) is 0 Å². The molecule has 0 bridgehead atoms. The van der Waals surface area contributed by atoms with Crippen molar-refractivity contribution in [3.05, 3.63) is 59.8 Å². The summed E-state index contributed by atoms with van der Waals surface area (Å²) >= 11 is 0. The highest BCUT2D eigenvalue weighted by molar-refractivity contribution is 6.04. The van der Waals surface area contributed by atoms with Crippen LogP contribution in [0.4, 0.5) is 0 Å². The van der Waals surface area contributed by atoms with Crippen molar-refractivity contribution < 1.29 is 14.3 Å². The number of para-hydroxylation sites is 1. The van der Waals surface area contributed by atoms with Gasteiger partial charge in [-0.1, -0.05) is 18.2 Å². The summed E-state index contributed by atoms with van der Waals surface area (Å²) in [6.07, 6.45) is 1.86. The van der Waals surface area contributed by atoms with E-state index < -0.39 is 0 Å². The van der Waals surface area contributed by atoms with Crippen LogP contribution in [0.2, 0.25) is 0 Å². The van der Waals surface area contributed by atoms with Gasteiger partial charge >= 0.3 is 0 Å². The molecule has 0 saturated carbocycles. The largest absolute Gasteiger partial charge is 0.496 e. The second-order valence-corrected chi connectivity index (χ2v) is 5.05. The summed E-state index contributed by atoms with van der Waals surface area (Å²) in [5, 5.41) is 7.43. The van der Waals surface area contributed by atoms with Crippen LogP contribution in [0.5, 0.6) is 5.75 Å². The topological polar surface area (TPSA) is 72.1 Å². The third kappa shape index (κ3) is 3.06. The average Bonchev–Trinajstić information content (AvgIpc) is 3.06. The predicted octanol–water partition coefficient (Wildman–Crippen LogP) is 3.02. The number of benzene rings is 1. The number of nitrogens with zero attached hydrogens (tertiary/aromatic N) is 1. The van der Waals surface area contributed by atoms with Gasteiger partial charge in [-0.05, 0) is 24.3 Å². The van der Waals surface area contributed by atoms with Crippen LogP contribution in [-0.4, -0.2) is 28.9 Å². The number of nitrogens with one attached hydrogen (secondary N) is 1. The molecule has 0 fully saturated rings. The maximum Gasteiger partial charge on any atom is 0.171 e. The molecular weight excluding hydrogens is 292 g/mol. The number of carbonyl (C=O) groups excluding carboxylic acids is 2. The summed E-state index contributed by atoms with van der Waals surface area (Å²) in [6.45, 7) is 0. The molecule has 0 aliphatic rings. The van der Waals surface area contributed by atoms with Crippen LogP contribution in [0.25, 0.3) is 10.9 Å². The van der Waals surface area contributed by atoms with Gasteiger partial charge in [0.25, 0.3) is 0 Å². The van der Waals surface area contributed by atoms with E-state index in [0.29, 0.717) is 22.4 Å². The number of fused-ring (bicyclic) bond motifs is 1. The molecule has 0 radical (unpaired) electrons. The fraction of sp³-hybridized carbons (Fsp3) is 0.167. The molecule has 0 atom stereocenters. The molecule has 5 heteroatoms. The summed E-state index contributed by atoms with van der Waals surface area (Å²) < 4.78 is 5.17. The summed E-state index contributed by atoms with van der Waals surface area (Å²) in [5.74, 6) is 0.251. The van der Waals surface area contributed by atoms with E-state index in [-0.39, 0.29) is 24.4 Å². The van der Waals surface area contributed by atoms with Crippen LogP contribution in [0.3, 0.4) is 0 Å². The molecule has 0 unspecified atom stereocenters. The van der Waals surface area contributed by atoms with Crippen LogP contribution in [-0.2, 0) is 0 Å². The van der Waals surface area contributed by atoms with Crippen molar-refractivity contribution in [2.24, 2.45) is 0 Å². The van der Waals surface area contributed by atoms with Crippen LogP contribution < -0.4 is 4.74 Å². The zero-order valence-corrected chi connectivity index (χ0v) is 12.6. The molecule has 0 saturated heterocycles. The van der Waals surface area contributed by atoms with Gasteiger partial charge in [0.05, 0.1) is 24.4 Å². The van der Waals surface area contributed by atoms with Gasteiger partial charge in [0, 0.05) is 18.2 Å². The summed E-state index contributed by atoms with van der Waals surface area (Å²) in [5.41, 5.74) is 1.60. The van der Waals surface area contributed by atoms with Crippen molar-refractivity contribution in [2.45, 2.75) is 12.8 Å². The third-order valence-electron chi connectivity index (χ3n) is 3.58. The zero-order chi connectivity index (χ0) is 16.2. The van der Waals surface area contributed by atoms with Gasteiger partial charge in [0.1, 0.15) is 11.3 Å². The van der Waals surface area contributed by atoms with Gasteiger partial charge in [0.2, 0.25) is 0 Å². The number of Topliss-reactive ketones (excluding diaryl/α,β-unsaturated/α-hetero) is 2. The Labute approximate surface area is 133 Å². The predicted molar refractivity (Wildman–Crippen MR) is 84.7 cm³/mol. The Balaban J connectivity index is 1.69. The van der Waals surface area contributed by atoms with Crippen LogP contribution in [0.15, 0.2) is 36.5 Å². The molecule has 0 amide bonds. The maximum absolute atomic E-state index is 12.3. The van der Waals surface area contributed by atoms with Gasteiger partial charge in [0.15, 0.2) is 11.6 Å². The molecule has 0 aliphatic carbocycles. The van der Waals surface area contributed by atoms with Crippen molar-refractivity contribution in [1.29, 1.82) is 0 Å². The first-order valence-electron chi connectivity index (χ1n) is 7.15. The third-order valence-corrected chi connectivity index (χ3v) is 3.58. The van der Waals surface area contributed by atoms with Crippen molar-refractivity contribution in [1.82, 2.24) is 10.2 Å². The van der Waals surface area contributed by atoms with Crippen molar-refractivity contribution in [3.8, 4) is 5.75 Å². The number of H-pyrrole nitrogens is 1. The lowest BCUT2D eigenvalue weighted by Gasteiger charge is -2.06. The number of rotatable bonds is 6. The van der Waals surface area contributed by atoms with Gasteiger partial charge in [-0.25, -0.2) is 0 Å². The molecule has 23 heavy (non-hydrogen) atoms. The van der Waals surface area contributed by atoms with Crippen molar-refractivity contribution in [3.63, 3.8) is 0 Å². The molecule has 3 aromatic rings. The lowest BCUT2D eigenvalue weighted by Crippen LogP contribution is -2.06. The van der Waals surface area contributed by atoms with Gasteiger partial charge in [-0.2, -0.15) is 5.10 Å². The highest BCUT2D eigenvalue weighted by Gasteiger charge is 2.14. The number of aromatic nitrogens is 2. The molecule has 2 aromatic carbocycles. The zero-order valence-electron chi connectivity index (χ0n) is 12.6. The van der Waals surface area contributed by atoms with E-state index in [1.54, 1.807) is 36.5 Å². The minimum Gasteiger partial charge on any atom is -0.496 e. The van der Waals surface area contributed by atoms with E-state index >= 15 is 0 Å². The quantitative estimate of drug-likeness (QED) is 0.711. The minimum atomic E-state index is -0.146. The molecule has 114 valence electrons. The van der Waals surface area contributed by atoms with Crippen molar-refractivity contribution >= 4 is 22.5 Å². The average molecular weight is 306 g/mol. The Morgan fingerprint density at radius 3 is 2.78 bits per heavy atom. The van der Waals surface area contributed by atoms with Gasteiger partial charge < -0.3 is 4.74 Å². The number of aromatic amines is 1. The second-order valence-electron chi connectivity index (χ2n) is 5.05. The molecule has 0 spiro atoms. The Kier molecular flexibility index (Phi) is 4.07. The molecule has 0 aliphatic heterocycles. The molecule has 5 nitrogen and oxygen atoms in total. The smallest absolute Gasteiger partial charge is 0.171 e. The van der Waals surface area contributed by atoms with Crippen molar-refractivity contribution in [2.75, 3.05) is 7.11 Å². The first-order valence-corrected chi connectivity index (χ1v) is 7.15. The molecular formula is C18H14N2O3. The first-order chi connectivity index (χ1) is 11.2. The van der Waals surface area contributed by atoms with E-state index in [4.69, 9.17) is 4.74 Å². The highest BCUT2D eigenvalue weighted by Crippen LogP contribution is 2.20. The fourth-order valence-corrected chi connectivity index (χ4v) is 2.35. The van der Waals surface area contributed by atoms with E-state index in [2.05, 4.69) is 22.3 Å². The molecule has 1 N–H and O–H groups in total. The Morgan fingerprint density at radius 1 is 1.17 bits per heavy atom. The molecule has 1 aromatic heterocycles. The SMILES string of the molecule is COc1ccccc1C(=O)CCC(=O)c1c#cc2[nH]ncc2c1. The molecule has 3 rings (SSSR count). The number of hydrogen-bond acceptors (Lipinski definition) is 4. The van der Waals surface area contributed by atoms with Crippen LogP contribution in [0, 0.1) is 12.1 Å². The summed E-state index contributed by atoms with van der Waals surface area (Å²) in [4.78, 5) is 24.5. The number of carbonyl (C=O) groups is 2. The van der Waals surface area contributed by atoms with E-state index in [0.717, 1.165) is 5.39 Å². The first kappa shape index (κ1) is 14.8. The summed E-state index contributed by atoms with van der Waals surface area (Å²) in [6, 6.07) is 14.3. The fourth-order valence-electron chi connectivity index (χ4n) is 2.35. The maximum atomic E-state index is 12.3. The van der Waals surface area contributed by atoms with Crippen LogP contribution >= 0.6 is 0 Å². The number of ether oxygens (including phenoxy) is 1. The minimum absolute atomic E-state index is 0.116. The monoisotopic (exact) mass is 306 g/mol. The van der Waals surface area contributed by atoms with E-state index in [9.17, 15) is 9.59 Å². The standard InChI is InChI=1S/C18H14N2O3/c1-23-18-5-3-2-4-14(18)17(22)9-8-16(21)12-6-7-15-13(10-12)11-19-20-15/h2-5,10-11H,8-9H2,1H3,(H,19,20). The summed E-state index contributed by atoms with van der Waals surface area (Å²) in [7, 11) is 1.52. The Hall–Kier alpha value is -3.13. The van der Waals surface area contributed by atoms with Crippen LogP contribution in [0.1, 0.15) is 33.6 Å². The number of hydrogen-bond donors (Lipinski definition) is 1. The number of ketones is 2. The second kappa shape index (κ2) is 6.32. The Bertz CT molecular complexity index is 867. The van der Waals surface area contributed by atoms with Gasteiger partial charge in [-0.3, -0.25) is 14.7 Å². The molecule has 1 heterocycles. The normalized spacial score (nSPS) is 10.3. The Morgan fingerprint density at radius 2 is 1.96 bits per heavy atom. The van der Waals surface area contributed by atoms with E-state index in [1.165, 1.54) is 7.11 Å². The lowest BCUT2D eigenvalue weighted by molar-refractivity contribution is 0.0916. The lowest BCUT2D eigenvalue weighted by atomic mass is 10.0. The number of methoxy groups -OCH3 is 1.